The Bertz CT molecular complexity index is 775. The fourth-order valence-electron chi connectivity index (χ4n) is 3.66. The van der Waals surface area contributed by atoms with Gasteiger partial charge in [-0.15, -0.1) is 0 Å². The van der Waals surface area contributed by atoms with E-state index in [4.69, 9.17) is 9.47 Å². The molecule has 6 heteroatoms. The van der Waals surface area contributed by atoms with Crippen molar-refractivity contribution in [2.45, 2.75) is 38.4 Å². The first-order valence-electron chi connectivity index (χ1n) is 10.2. The van der Waals surface area contributed by atoms with Crippen LogP contribution in [0.25, 0.3) is 0 Å². The lowest BCUT2D eigenvalue weighted by Gasteiger charge is -2.36. The topological polar surface area (TPSA) is 67.8 Å². The Balaban J connectivity index is 1.72. The number of carbonyl (C=O) groups is 1. The van der Waals surface area contributed by atoms with Gasteiger partial charge in [-0.2, -0.15) is 11.3 Å². The number of rotatable bonds is 10. The summed E-state index contributed by atoms with van der Waals surface area (Å²) >= 11 is 1.63. The Morgan fingerprint density at radius 3 is 2.79 bits per heavy atom. The summed E-state index contributed by atoms with van der Waals surface area (Å²) in [5.41, 5.74) is 2.33. The molecule has 0 saturated carbocycles. The van der Waals surface area contributed by atoms with Crippen LogP contribution in [0.5, 0.6) is 0 Å². The van der Waals surface area contributed by atoms with Crippen LogP contribution < -0.4 is 5.32 Å². The first-order valence-corrected chi connectivity index (χ1v) is 11.1. The summed E-state index contributed by atoms with van der Waals surface area (Å²) < 4.78 is 11.8. The summed E-state index contributed by atoms with van der Waals surface area (Å²) in [5.74, 6) is 0.171. The molecule has 0 radical (unpaired) electrons. The molecule has 29 heavy (non-hydrogen) atoms. The number of thiophene rings is 1. The molecular formula is C23H29NO4S. The van der Waals surface area contributed by atoms with Crippen LogP contribution in [0, 0.1) is 5.92 Å². The van der Waals surface area contributed by atoms with Crippen molar-refractivity contribution in [1.29, 1.82) is 0 Å². The lowest BCUT2D eigenvalue weighted by molar-refractivity contribution is -0.166. The first kappa shape index (κ1) is 21.6. The number of nitrogens with one attached hydrogen (secondary N) is 1. The molecule has 2 aromatic rings. The van der Waals surface area contributed by atoms with E-state index in [-0.39, 0.29) is 24.3 Å². The van der Waals surface area contributed by atoms with E-state index in [2.05, 4.69) is 16.8 Å². The molecular weight excluding hydrogens is 386 g/mol. The Kier molecular flexibility index (Phi) is 8.28. The maximum atomic E-state index is 12.8. The molecule has 1 aliphatic rings. The average Bonchev–Trinajstić information content (AvgIpc) is 3.28. The van der Waals surface area contributed by atoms with Crippen LogP contribution in [0.1, 0.15) is 36.8 Å². The number of benzene rings is 1. The summed E-state index contributed by atoms with van der Waals surface area (Å²) in [5, 5.41) is 16.4. The second-order valence-corrected chi connectivity index (χ2v) is 7.86. The van der Waals surface area contributed by atoms with E-state index in [1.54, 1.807) is 11.3 Å². The van der Waals surface area contributed by atoms with Gasteiger partial charge in [-0.25, -0.2) is 0 Å². The van der Waals surface area contributed by atoms with Crippen LogP contribution in [-0.4, -0.2) is 37.1 Å². The third kappa shape index (κ3) is 5.92. The second-order valence-electron chi connectivity index (χ2n) is 7.08. The average molecular weight is 416 g/mol. The Morgan fingerprint density at radius 2 is 2.10 bits per heavy atom. The molecule has 0 bridgehead atoms. The number of hydrogen-bond acceptors (Lipinski definition) is 5. The number of hydrogen-bond donors (Lipinski definition) is 2. The third-order valence-corrected chi connectivity index (χ3v) is 5.81. The largest absolute Gasteiger partial charge is 0.459 e. The summed E-state index contributed by atoms with van der Waals surface area (Å²) in [6, 6.07) is 12.1. The molecule has 0 spiro atoms. The van der Waals surface area contributed by atoms with Gasteiger partial charge in [0.25, 0.3) is 5.91 Å². The quantitative estimate of drug-likeness (QED) is 0.618. The number of allylic oxidation sites excluding steroid dienone is 1. The van der Waals surface area contributed by atoms with Crippen LogP contribution >= 0.6 is 11.3 Å². The second kappa shape index (κ2) is 11.1. The van der Waals surface area contributed by atoms with Gasteiger partial charge in [0.2, 0.25) is 6.29 Å². The van der Waals surface area contributed by atoms with Crippen molar-refractivity contribution in [2.24, 2.45) is 5.92 Å². The van der Waals surface area contributed by atoms with Gasteiger partial charge in [-0.05, 0) is 60.2 Å². The molecule has 2 N–H and O–H groups in total. The number of ether oxygens (including phenoxy) is 2. The Hall–Kier alpha value is -2.15. The normalized spacial score (nSPS) is 21.3. The highest BCUT2D eigenvalue weighted by atomic mass is 32.1. The van der Waals surface area contributed by atoms with Crippen molar-refractivity contribution in [2.75, 3.05) is 19.8 Å². The lowest BCUT2D eigenvalue weighted by atomic mass is 9.81. The van der Waals surface area contributed by atoms with E-state index in [1.807, 2.05) is 48.7 Å². The van der Waals surface area contributed by atoms with Crippen LogP contribution in [0.3, 0.4) is 0 Å². The van der Waals surface area contributed by atoms with E-state index in [9.17, 15) is 9.90 Å². The van der Waals surface area contributed by atoms with Gasteiger partial charge in [0.1, 0.15) is 0 Å². The summed E-state index contributed by atoms with van der Waals surface area (Å²) in [6.07, 6.45) is 3.61. The maximum absolute atomic E-state index is 12.8. The van der Waals surface area contributed by atoms with Gasteiger partial charge in [0.05, 0.1) is 0 Å². The van der Waals surface area contributed by atoms with E-state index < -0.39 is 6.29 Å². The highest BCUT2D eigenvalue weighted by molar-refractivity contribution is 7.08. The molecule has 1 aromatic heterocycles. The predicted molar refractivity (Wildman–Crippen MR) is 115 cm³/mol. The summed E-state index contributed by atoms with van der Waals surface area (Å²) in [7, 11) is 0. The SMILES string of the molecule is CCO[C@@H]1OC(C(=O)NCCc2ccccc2)=C[C@H](c2ccsc2)[C@H]1CCCO. The van der Waals surface area contributed by atoms with Crippen molar-refractivity contribution in [3.8, 4) is 0 Å². The fraction of sp³-hybridized carbons (Fsp3) is 0.435. The van der Waals surface area contributed by atoms with Gasteiger partial charge in [-0.3, -0.25) is 4.79 Å². The molecule has 2 heterocycles. The van der Waals surface area contributed by atoms with Gasteiger partial charge < -0.3 is 19.9 Å². The third-order valence-electron chi connectivity index (χ3n) is 5.11. The molecule has 0 saturated heterocycles. The fourth-order valence-corrected chi connectivity index (χ4v) is 4.37. The number of amides is 1. The van der Waals surface area contributed by atoms with E-state index in [0.717, 1.165) is 18.4 Å². The highest BCUT2D eigenvalue weighted by Gasteiger charge is 2.37. The maximum Gasteiger partial charge on any atom is 0.286 e. The Labute approximate surface area is 176 Å². The predicted octanol–water partition coefficient (Wildman–Crippen LogP) is 3.86. The zero-order valence-electron chi connectivity index (χ0n) is 16.8. The molecule has 0 unspecified atom stereocenters. The zero-order valence-corrected chi connectivity index (χ0v) is 17.6. The molecule has 0 aliphatic carbocycles. The van der Waals surface area contributed by atoms with Crippen molar-refractivity contribution >= 4 is 17.2 Å². The molecule has 156 valence electrons. The van der Waals surface area contributed by atoms with Gasteiger partial charge in [-0.1, -0.05) is 30.3 Å². The van der Waals surface area contributed by atoms with E-state index in [1.165, 1.54) is 5.56 Å². The number of carbonyl (C=O) groups excluding carboxylic acids is 1. The molecule has 0 fully saturated rings. The van der Waals surface area contributed by atoms with Gasteiger partial charge in [0, 0.05) is 31.6 Å². The van der Waals surface area contributed by atoms with Gasteiger partial charge in [0.15, 0.2) is 5.76 Å². The molecule has 3 rings (SSSR count). The summed E-state index contributed by atoms with van der Waals surface area (Å²) in [4.78, 5) is 12.8. The van der Waals surface area contributed by atoms with Crippen LogP contribution in [0.4, 0.5) is 0 Å². The minimum absolute atomic E-state index is 0.0213. The highest BCUT2D eigenvalue weighted by Crippen LogP contribution is 2.40. The summed E-state index contributed by atoms with van der Waals surface area (Å²) in [6.45, 7) is 3.09. The number of aliphatic hydroxyl groups is 1. The van der Waals surface area contributed by atoms with Gasteiger partial charge >= 0.3 is 0 Å². The first-order chi connectivity index (χ1) is 14.2. The molecule has 1 amide bonds. The van der Waals surface area contributed by atoms with E-state index in [0.29, 0.717) is 25.3 Å². The minimum atomic E-state index is -0.503. The van der Waals surface area contributed by atoms with Crippen molar-refractivity contribution in [3.05, 3.63) is 70.1 Å². The van der Waals surface area contributed by atoms with Crippen LogP contribution in [0.15, 0.2) is 59.0 Å². The number of aliphatic hydroxyl groups excluding tert-OH is 1. The molecule has 5 nitrogen and oxygen atoms in total. The molecule has 1 aliphatic heterocycles. The van der Waals surface area contributed by atoms with E-state index >= 15 is 0 Å². The van der Waals surface area contributed by atoms with Crippen LogP contribution in [-0.2, 0) is 20.7 Å². The van der Waals surface area contributed by atoms with Crippen molar-refractivity contribution in [3.63, 3.8) is 0 Å². The standard InChI is InChI=1S/C23H29NO4S/c1-2-27-23-19(9-6-13-25)20(18-11-14-29-16-18)15-21(28-23)22(26)24-12-10-17-7-4-3-5-8-17/h3-5,7-8,11,14-16,19-20,23,25H,2,6,9-10,12-13H2,1H3,(H,24,26)/t19-,20-,23-/m1/s1. The lowest BCUT2D eigenvalue weighted by Crippen LogP contribution is -2.39. The molecule has 1 aromatic carbocycles. The Morgan fingerprint density at radius 1 is 1.28 bits per heavy atom. The van der Waals surface area contributed by atoms with Crippen molar-refractivity contribution < 1.29 is 19.4 Å². The molecule has 3 atom stereocenters. The van der Waals surface area contributed by atoms with Crippen molar-refractivity contribution in [1.82, 2.24) is 5.32 Å². The zero-order chi connectivity index (χ0) is 20.5. The monoisotopic (exact) mass is 415 g/mol. The minimum Gasteiger partial charge on any atom is -0.459 e. The smallest absolute Gasteiger partial charge is 0.286 e. The van der Waals surface area contributed by atoms with Crippen LogP contribution in [0.2, 0.25) is 0 Å².